The Morgan fingerprint density at radius 3 is 2.08 bits per heavy atom. The van der Waals surface area contributed by atoms with Gasteiger partial charge in [-0.3, -0.25) is 0 Å². The molecule has 9 heteroatoms. The van der Waals surface area contributed by atoms with Gasteiger partial charge in [0.15, 0.2) is 11.0 Å². The third-order valence-electron chi connectivity index (χ3n) is 6.54. The first-order valence-electron chi connectivity index (χ1n) is 12.0. The summed E-state index contributed by atoms with van der Waals surface area (Å²) in [5.41, 5.74) is 4.29. The average molecular weight is 680 g/mol. The zero-order valence-electron chi connectivity index (χ0n) is 21.0. The number of allylic oxidation sites excluding steroid dienone is 2. The lowest BCUT2D eigenvalue weighted by atomic mass is 10.2. The molecule has 4 nitrogen and oxygen atoms in total. The van der Waals surface area contributed by atoms with Crippen molar-refractivity contribution in [3.63, 3.8) is 0 Å². The Labute approximate surface area is 251 Å². The molecule has 194 valence electrons. The topological polar surface area (TPSA) is 15.3 Å². The van der Waals surface area contributed by atoms with Gasteiger partial charge in [0, 0.05) is 31.8 Å². The predicted molar refractivity (Wildman–Crippen MR) is 152 cm³/mol. The largest absolute Gasteiger partial charge is 1.00 e. The normalized spacial score (nSPS) is 14.4. The van der Waals surface area contributed by atoms with Crippen LogP contribution in [0.15, 0.2) is 42.2 Å². The molecular formula is C27H31Cl4IN4. The van der Waals surface area contributed by atoms with Crippen LogP contribution in [0.3, 0.4) is 0 Å². The van der Waals surface area contributed by atoms with Gasteiger partial charge in [0.25, 0.3) is 5.82 Å². The molecular weight excluding hydrogens is 649 g/mol. The molecule has 2 heterocycles. The summed E-state index contributed by atoms with van der Waals surface area (Å²) in [5.74, 6) is 2.18. The highest BCUT2D eigenvalue weighted by Crippen LogP contribution is 2.45. The molecule has 0 radical (unpaired) electrons. The first-order chi connectivity index (χ1) is 16.8. The smallest absolute Gasteiger partial charge is 0.282 e. The molecule has 0 saturated carbocycles. The summed E-state index contributed by atoms with van der Waals surface area (Å²) in [4.78, 5) is 4.49. The Balaban J connectivity index is 0.00000361. The second kappa shape index (κ2) is 12.6. The molecule has 0 atom stereocenters. The zero-order valence-corrected chi connectivity index (χ0v) is 26.1. The van der Waals surface area contributed by atoms with Crippen LogP contribution in [-0.2, 0) is 13.6 Å². The van der Waals surface area contributed by atoms with Gasteiger partial charge in [-0.2, -0.15) is 0 Å². The lowest BCUT2D eigenvalue weighted by Crippen LogP contribution is -3.00. The molecule has 0 aliphatic carbocycles. The van der Waals surface area contributed by atoms with E-state index in [0.29, 0.717) is 20.1 Å². The number of imidazole rings is 1. The second-order valence-corrected chi connectivity index (χ2v) is 10.5. The SMILES string of the molecule is CCCCN1/C(=C/C=C/c2n(CCCC)c3cc(Cl)c(Cl)cc3[n+]2C)N(C)c2cc(Cl)c(Cl)cc21.[I-]. The molecule has 1 aromatic heterocycles. The number of halogens is 5. The molecule has 0 N–H and O–H groups in total. The molecule has 36 heavy (non-hydrogen) atoms. The fraction of sp³-hybridized carbons (Fsp3) is 0.370. The van der Waals surface area contributed by atoms with Gasteiger partial charge in [0.05, 0.1) is 45.1 Å². The van der Waals surface area contributed by atoms with Gasteiger partial charge in [0.1, 0.15) is 5.82 Å². The minimum absolute atomic E-state index is 0. The molecule has 2 aromatic carbocycles. The van der Waals surface area contributed by atoms with E-state index in [4.69, 9.17) is 46.4 Å². The number of aryl methyl sites for hydroxylation is 2. The van der Waals surface area contributed by atoms with Crippen molar-refractivity contribution in [1.29, 1.82) is 0 Å². The van der Waals surface area contributed by atoms with Crippen molar-refractivity contribution in [2.45, 2.75) is 46.1 Å². The van der Waals surface area contributed by atoms with E-state index in [1.165, 1.54) is 0 Å². The standard InChI is InChI=1S/C27H31Cl4N4.HI/c1-5-7-12-34-24-16-20(30)18(28)14-22(24)32(3)26(34)10-9-11-27-33(4)23-15-19(29)21(31)17-25(23)35(27)13-8-6-2;/h9-11,14-17H,5-8,12-13H2,1-4H3;1H/q+1;/p-1. The molecule has 0 bridgehead atoms. The van der Waals surface area contributed by atoms with Crippen LogP contribution in [0.4, 0.5) is 11.4 Å². The summed E-state index contributed by atoms with van der Waals surface area (Å²) in [7, 11) is 4.13. The first-order valence-corrected chi connectivity index (χ1v) is 13.6. The fourth-order valence-electron chi connectivity index (χ4n) is 4.60. The average Bonchev–Trinajstić information content (AvgIpc) is 3.22. The highest BCUT2D eigenvalue weighted by Gasteiger charge is 2.29. The summed E-state index contributed by atoms with van der Waals surface area (Å²) in [5, 5.41) is 2.27. The van der Waals surface area contributed by atoms with E-state index in [1.807, 2.05) is 24.3 Å². The highest BCUT2D eigenvalue weighted by molar-refractivity contribution is 6.43. The first kappa shape index (κ1) is 29.4. The van der Waals surface area contributed by atoms with E-state index in [-0.39, 0.29) is 24.0 Å². The molecule has 1 aliphatic heterocycles. The van der Waals surface area contributed by atoms with Crippen LogP contribution < -0.4 is 38.3 Å². The van der Waals surface area contributed by atoms with Crippen LogP contribution in [0.2, 0.25) is 20.1 Å². The van der Waals surface area contributed by atoms with Crippen molar-refractivity contribution in [3.8, 4) is 0 Å². The summed E-state index contributed by atoms with van der Waals surface area (Å²) in [6.45, 7) is 6.22. The number of anilines is 2. The maximum atomic E-state index is 6.37. The number of fused-ring (bicyclic) bond motifs is 2. The summed E-state index contributed by atoms with van der Waals surface area (Å²) < 4.78 is 4.49. The van der Waals surface area contributed by atoms with Crippen LogP contribution in [0.5, 0.6) is 0 Å². The molecule has 0 unspecified atom stereocenters. The summed E-state index contributed by atoms with van der Waals surface area (Å²) >= 11 is 25.4. The predicted octanol–water partition coefficient (Wildman–Crippen LogP) is 5.49. The van der Waals surface area contributed by atoms with Crippen molar-refractivity contribution in [3.05, 3.63) is 68.2 Å². The minimum atomic E-state index is 0. The summed E-state index contributed by atoms with van der Waals surface area (Å²) in [6.07, 6.45) is 10.8. The third-order valence-corrected chi connectivity index (χ3v) is 7.99. The molecule has 1 aliphatic rings. The number of hydrogen-bond acceptors (Lipinski definition) is 2. The fourth-order valence-corrected chi connectivity index (χ4v) is 5.24. The molecule has 3 aromatic rings. The number of rotatable bonds is 8. The van der Waals surface area contributed by atoms with Crippen LogP contribution in [0.1, 0.15) is 45.4 Å². The van der Waals surface area contributed by atoms with Crippen LogP contribution in [0, 0.1) is 0 Å². The number of hydrogen-bond donors (Lipinski definition) is 0. The van der Waals surface area contributed by atoms with Crippen molar-refractivity contribution in [2.24, 2.45) is 7.05 Å². The van der Waals surface area contributed by atoms with Gasteiger partial charge < -0.3 is 33.8 Å². The second-order valence-electron chi connectivity index (χ2n) is 8.88. The lowest BCUT2D eigenvalue weighted by Gasteiger charge is -2.22. The lowest BCUT2D eigenvalue weighted by molar-refractivity contribution is -0.647. The molecule has 4 rings (SSSR count). The zero-order chi connectivity index (χ0) is 25.3. The van der Waals surface area contributed by atoms with E-state index < -0.39 is 0 Å². The van der Waals surface area contributed by atoms with Crippen molar-refractivity contribution < 1.29 is 28.5 Å². The van der Waals surface area contributed by atoms with E-state index >= 15 is 0 Å². The van der Waals surface area contributed by atoms with Crippen LogP contribution in [0.25, 0.3) is 17.1 Å². The number of nitrogens with zero attached hydrogens (tertiary/aromatic N) is 4. The number of benzene rings is 2. The Hall–Kier alpha value is -1.12. The monoisotopic (exact) mass is 678 g/mol. The maximum Gasteiger partial charge on any atom is 0.282 e. The minimum Gasteiger partial charge on any atom is -1.00 e. The third kappa shape index (κ3) is 5.65. The molecule has 0 saturated heterocycles. The summed E-state index contributed by atoms with van der Waals surface area (Å²) in [6, 6.07) is 7.82. The Kier molecular flexibility index (Phi) is 10.3. The Morgan fingerprint density at radius 2 is 1.42 bits per heavy atom. The van der Waals surface area contributed by atoms with Gasteiger partial charge in [-0.25, -0.2) is 9.13 Å². The highest BCUT2D eigenvalue weighted by atomic mass is 127. The van der Waals surface area contributed by atoms with Crippen molar-refractivity contribution >= 4 is 74.9 Å². The van der Waals surface area contributed by atoms with Crippen molar-refractivity contribution in [1.82, 2.24) is 4.57 Å². The van der Waals surface area contributed by atoms with Gasteiger partial charge in [0.2, 0.25) is 0 Å². The molecule has 0 spiro atoms. The Morgan fingerprint density at radius 1 is 0.833 bits per heavy atom. The van der Waals surface area contributed by atoms with E-state index in [0.717, 1.165) is 72.8 Å². The Bertz CT molecular complexity index is 1320. The van der Waals surface area contributed by atoms with Crippen LogP contribution in [-0.4, -0.2) is 18.2 Å². The van der Waals surface area contributed by atoms with Crippen LogP contribution >= 0.6 is 46.4 Å². The van der Waals surface area contributed by atoms with E-state index in [9.17, 15) is 0 Å². The van der Waals surface area contributed by atoms with Gasteiger partial charge >= 0.3 is 0 Å². The van der Waals surface area contributed by atoms with Gasteiger partial charge in [-0.1, -0.05) is 79.2 Å². The quantitative estimate of drug-likeness (QED) is 0.231. The van der Waals surface area contributed by atoms with E-state index in [2.05, 4.69) is 65.1 Å². The van der Waals surface area contributed by atoms with Gasteiger partial charge in [-0.15, -0.1) is 0 Å². The number of aromatic nitrogens is 2. The molecule has 0 amide bonds. The maximum absolute atomic E-state index is 6.37. The van der Waals surface area contributed by atoms with Gasteiger partial charge in [-0.05, 0) is 31.1 Å². The number of unbranched alkanes of at least 4 members (excludes halogenated alkanes) is 2. The van der Waals surface area contributed by atoms with E-state index in [1.54, 1.807) is 0 Å². The molecule has 0 fully saturated rings. The van der Waals surface area contributed by atoms with Crippen molar-refractivity contribution in [2.75, 3.05) is 23.4 Å².